The number of rotatable bonds is 6. The zero-order valence-electron chi connectivity index (χ0n) is 18.0. The second kappa shape index (κ2) is 9.96. The van der Waals surface area contributed by atoms with Gasteiger partial charge in [-0.2, -0.15) is 0 Å². The van der Waals surface area contributed by atoms with E-state index < -0.39 is 42.0 Å². The van der Waals surface area contributed by atoms with E-state index in [0.29, 0.717) is 16.2 Å². The zero-order valence-corrected chi connectivity index (χ0v) is 18.0. The van der Waals surface area contributed by atoms with E-state index in [1.807, 2.05) is 0 Å². The Morgan fingerprint density at radius 2 is 1.54 bits per heavy atom. The molecule has 176 valence electrons. The Balaban J connectivity index is 1.53. The largest absolute Gasteiger partial charge is 0.483 e. The molecule has 0 saturated carbocycles. The number of hydrogen-bond donors (Lipinski definition) is 2. The molecule has 0 unspecified atom stereocenters. The summed E-state index contributed by atoms with van der Waals surface area (Å²) >= 11 is 0. The minimum absolute atomic E-state index is 0.0781. The number of carbonyl (C=O) groups is 4. The predicted octanol–water partition coefficient (Wildman–Crippen LogP) is 3.65. The number of para-hydroxylation sites is 1. The van der Waals surface area contributed by atoms with Crippen LogP contribution in [-0.2, 0) is 14.4 Å². The van der Waals surface area contributed by atoms with Gasteiger partial charge < -0.3 is 10.1 Å². The summed E-state index contributed by atoms with van der Waals surface area (Å²) in [5, 5.41) is 4.63. The minimum atomic E-state index is -0.967. The summed E-state index contributed by atoms with van der Waals surface area (Å²) in [4.78, 5) is 50.6. The second-order valence-corrected chi connectivity index (χ2v) is 7.32. The third-order valence-electron chi connectivity index (χ3n) is 4.89. The number of urea groups is 1. The number of nitrogens with zero attached hydrogens (tertiary/aromatic N) is 1. The molecule has 1 saturated heterocycles. The molecule has 1 heterocycles. The van der Waals surface area contributed by atoms with Crippen LogP contribution in [0, 0.1) is 11.6 Å². The van der Waals surface area contributed by atoms with Crippen LogP contribution in [0.25, 0.3) is 6.08 Å². The molecule has 0 atom stereocenters. The van der Waals surface area contributed by atoms with Crippen LogP contribution in [0.2, 0.25) is 0 Å². The summed E-state index contributed by atoms with van der Waals surface area (Å²) in [6.45, 7) is -0.405. The maximum Gasteiger partial charge on any atom is 0.335 e. The number of amides is 5. The van der Waals surface area contributed by atoms with Gasteiger partial charge in [0.25, 0.3) is 17.7 Å². The van der Waals surface area contributed by atoms with E-state index in [1.54, 1.807) is 18.2 Å². The van der Waals surface area contributed by atoms with E-state index >= 15 is 0 Å². The molecule has 3 aromatic carbocycles. The average molecular weight is 477 g/mol. The fourth-order valence-corrected chi connectivity index (χ4v) is 3.24. The fraction of sp³-hybridized carbons (Fsp3) is 0.0400. The van der Waals surface area contributed by atoms with Crippen molar-refractivity contribution in [3.05, 3.63) is 95.6 Å². The maximum atomic E-state index is 13.3. The van der Waals surface area contributed by atoms with Crippen LogP contribution in [0.1, 0.15) is 5.56 Å². The van der Waals surface area contributed by atoms with E-state index in [4.69, 9.17) is 4.74 Å². The highest BCUT2D eigenvalue weighted by Gasteiger charge is 2.37. The van der Waals surface area contributed by atoms with Crippen LogP contribution < -0.4 is 20.3 Å². The Labute approximate surface area is 197 Å². The van der Waals surface area contributed by atoms with Gasteiger partial charge in [0, 0.05) is 11.3 Å². The van der Waals surface area contributed by atoms with Gasteiger partial charge in [-0.25, -0.2) is 18.5 Å². The number of nitrogens with one attached hydrogen (secondary N) is 2. The molecule has 0 bridgehead atoms. The van der Waals surface area contributed by atoms with Gasteiger partial charge in [-0.05, 0) is 60.7 Å². The second-order valence-electron chi connectivity index (χ2n) is 7.32. The number of ether oxygens (including phenoxy) is 1. The molecule has 0 aromatic heterocycles. The standard InChI is InChI=1S/C25H17F2N3O5/c26-16-5-9-18(10-6-16)28-22(31)14-35-21-4-2-1-3-15(21)13-20-23(32)29-25(34)30(24(20)33)19-11-7-17(27)8-12-19/h1-13H,14H2,(H,28,31)(H,29,32,34)/b20-13+. The van der Waals surface area contributed by atoms with Gasteiger partial charge in [-0.3, -0.25) is 19.7 Å². The van der Waals surface area contributed by atoms with Gasteiger partial charge in [-0.15, -0.1) is 0 Å². The fourth-order valence-electron chi connectivity index (χ4n) is 3.24. The van der Waals surface area contributed by atoms with Gasteiger partial charge >= 0.3 is 6.03 Å². The monoisotopic (exact) mass is 477 g/mol. The summed E-state index contributed by atoms with van der Waals surface area (Å²) in [5.74, 6) is -3.14. The van der Waals surface area contributed by atoms with Crippen LogP contribution in [0.4, 0.5) is 25.0 Å². The molecule has 0 spiro atoms. The van der Waals surface area contributed by atoms with Crippen molar-refractivity contribution in [1.29, 1.82) is 0 Å². The molecule has 4 rings (SSSR count). The van der Waals surface area contributed by atoms with Gasteiger partial charge in [0.15, 0.2) is 6.61 Å². The summed E-state index contributed by atoms with van der Waals surface area (Å²) in [7, 11) is 0. The van der Waals surface area contributed by atoms with Crippen molar-refractivity contribution < 1.29 is 32.7 Å². The first-order valence-corrected chi connectivity index (χ1v) is 10.3. The molecular weight excluding hydrogens is 460 g/mol. The number of barbiturate groups is 1. The molecular formula is C25H17F2N3O5. The smallest absolute Gasteiger partial charge is 0.335 e. The summed E-state index contributed by atoms with van der Waals surface area (Å²) in [5.41, 5.74) is 0.398. The highest BCUT2D eigenvalue weighted by atomic mass is 19.1. The topological polar surface area (TPSA) is 105 Å². The van der Waals surface area contributed by atoms with E-state index in [-0.39, 0.29) is 17.0 Å². The number of benzene rings is 3. The first-order chi connectivity index (χ1) is 16.8. The van der Waals surface area contributed by atoms with Gasteiger partial charge in [0.05, 0.1) is 5.69 Å². The molecule has 1 aliphatic rings. The number of halogens is 2. The predicted molar refractivity (Wildman–Crippen MR) is 122 cm³/mol. The molecule has 5 amide bonds. The lowest BCUT2D eigenvalue weighted by Gasteiger charge is -2.26. The molecule has 1 aliphatic heterocycles. The SMILES string of the molecule is O=C(COc1ccccc1/C=C1\C(=O)NC(=O)N(c2ccc(F)cc2)C1=O)Nc1ccc(F)cc1. The lowest BCUT2D eigenvalue weighted by molar-refractivity contribution is -0.122. The molecule has 10 heteroatoms. The number of imide groups is 2. The van der Waals surface area contributed by atoms with Crippen molar-refractivity contribution >= 4 is 41.2 Å². The van der Waals surface area contributed by atoms with Crippen LogP contribution in [0.5, 0.6) is 5.75 Å². The Morgan fingerprint density at radius 3 is 2.23 bits per heavy atom. The maximum absolute atomic E-state index is 13.3. The molecule has 8 nitrogen and oxygen atoms in total. The minimum Gasteiger partial charge on any atom is -0.483 e. The normalized spacial score (nSPS) is 14.6. The number of carbonyl (C=O) groups excluding carboxylic acids is 4. The van der Waals surface area contributed by atoms with Crippen molar-refractivity contribution in [2.24, 2.45) is 0 Å². The van der Waals surface area contributed by atoms with Crippen molar-refractivity contribution in [3.8, 4) is 5.75 Å². The molecule has 0 radical (unpaired) electrons. The quantitative estimate of drug-likeness (QED) is 0.417. The highest BCUT2D eigenvalue weighted by molar-refractivity contribution is 6.39. The van der Waals surface area contributed by atoms with Crippen LogP contribution >= 0.6 is 0 Å². The molecule has 2 N–H and O–H groups in total. The third kappa shape index (κ3) is 5.38. The summed E-state index contributed by atoms with van der Waals surface area (Å²) in [6, 6.07) is 15.2. The van der Waals surface area contributed by atoms with Crippen molar-refractivity contribution in [2.75, 3.05) is 16.8 Å². The molecule has 3 aromatic rings. The molecule has 1 fully saturated rings. The van der Waals surface area contributed by atoms with E-state index in [9.17, 15) is 28.0 Å². The Bertz CT molecular complexity index is 1340. The lowest BCUT2D eigenvalue weighted by Crippen LogP contribution is -2.54. The van der Waals surface area contributed by atoms with E-state index in [0.717, 1.165) is 12.1 Å². The zero-order chi connectivity index (χ0) is 24.9. The summed E-state index contributed by atoms with van der Waals surface area (Å²) in [6.07, 6.45) is 1.23. The van der Waals surface area contributed by atoms with E-state index in [1.165, 1.54) is 48.5 Å². The van der Waals surface area contributed by atoms with Gasteiger partial charge in [0.1, 0.15) is 23.0 Å². The van der Waals surface area contributed by atoms with Gasteiger partial charge in [0.2, 0.25) is 0 Å². The Morgan fingerprint density at radius 1 is 0.914 bits per heavy atom. The van der Waals surface area contributed by atoms with Crippen molar-refractivity contribution in [3.63, 3.8) is 0 Å². The van der Waals surface area contributed by atoms with Crippen LogP contribution in [0.3, 0.4) is 0 Å². The highest BCUT2D eigenvalue weighted by Crippen LogP contribution is 2.25. The molecule has 35 heavy (non-hydrogen) atoms. The van der Waals surface area contributed by atoms with Crippen LogP contribution in [0.15, 0.2) is 78.4 Å². The number of anilines is 2. The Hall–Kier alpha value is -4.86. The average Bonchev–Trinajstić information content (AvgIpc) is 2.83. The Kier molecular flexibility index (Phi) is 6.63. The molecule has 0 aliphatic carbocycles. The summed E-state index contributed by atoms with van der Waals surface area (Å²) < 4.78 is 31.8. The third-order valence-corrected chi connectivity index (χ3v) is 4.89. The van der Waals surface area contributed by atoms with Crippen molar-refractivity contribution in [1.82, 2.24) is 5.32 Å². The van der Waals surface area contributed by atoms with Crippen LogP contribution in [-0.4, -0.2) is 30.4 Å². The number of hydrogen-bond acceptors (Lipinski definition) is 5. The lowest BCUT2D eigenvalue weighted by atomic mass is 10.1. The first kappa shape index (κ1) is 23.3. The van der Waals surface area contributed by atoms with Gasteiger partial charge in [-0.1, -0.05) is 18.2 Å². The van der Waals surface area contributed by atoms with E-state index in [2.05, 4.69) is 10.6 Å². The first-order valence-electron chi connectivity index (χ1n) is 10.3. The van der Waals surface area contributed by atoms with Crippen molar-refractivity contribution in [2.45, 2.75) is 0 Å².